The van der Waals surface area contributed by atoms with Gasteiger partial charge in [-0.3, -0.25) is 9.59 Å². The molecule has 0 spiro atoms. The first-order chi connectivity index (χ1) is 13.5. The molecule has 6 heteroatoms. The molecule has 1 aliphatic heterocycles. The van der Waals surface area contributed by atoms with Gasteiger partial charge in [0.25, 0.3) is 0 Å². The van der Waals surface area contributed by atoms with Gasteiger partial charge in [0.2, 0.25) is 0 Å². The summed E-state index contributed by atoms with van der Waals surface area (Å²) < 4.78 is 37.4. The molecule has 1 aliphatic rings. The van der Waals surface area contributed by atoms with Gasteiger partial charge in [-0.1, -0.05) is 36.4 Å². The Kier molecular flexibility index (Phi) is 4.61. The quantitative estimate of drug-likeness (QED) is 0.489. The Hall–Kier alpha value is -3.54. The predicted octanol–water partition coefficient (Wildman–Crippen LogP) is 4.63. The lowest BCUT2D eigenvalue weighted by Crippen LogP contribution is -2.23. The van der Waals surface area contributed by atoms with E-state index in [9.17, 15) is 18.4 Å². The Morgan fingerprint density at radius 2 is 1.46 bits per heavy atom. The maximum Gasteiger partial charge on any atom is 0.318 e. The molecule has 0 saturated heterocycles. The van der Waals surface area contributed by atoms with E-state index < -0.39 is 35.9 Å². The normalized spacial score (nSPS) is 12.5. The number of Topliss-reactive ketones (excluding diaryl/α,β-unsaturated/α-hetero) is 1. The van der Waals surface area contributed by atoms with Crippen LogP contribution in [0.15, 0.2) is 66.7 Å². The summed E-state index contributed by atoms with van der Waals surface area (Å²) >= 11 is 0. The molecule has 0 N–H and O–H groups in total. The van der Waals surface area contributed by atoms with Gasteiger partial charge in [-0.05, 0) is 30.3 Å². The number of ketones is 1. The number of carbonyl (C=O) groups is 2. The summed E-state index contributed by atoms with van der Waals surface area (Å²) in [5.41, 5.74) is 1.19. The minimum Gasteiger partial charge on any atom is -0.457 e. The van der Waals surface area contributed by atoms with E-state index in [1.807, 2.05) is 0 Å². The van der Waals surface area contributed by atoms with Crippen molar-refractivity contribution in [2.24, 2.45) is 0 Å². The Labute approximate surface area is 159 Å². The van der Waals surface area contributed by atoms with Crippen LogP contribution in [0.1, 0.15) is 27.4 Å². The Bertz CT molecular complexity index is 1030. The van der Waals surface area contributed by atoms with Crippen LogP contribution in [0.3, 0.4) is 0 Å². The van der Waals surface area contributed by atoms with Crippen molar-refractivity contribution < 1.29 is 27.8 Å². The van der Waals surface area contributed by atoms with Crippen LogP contribution in [-0.4, -0.2) is 18.4 Å². The van der Waals surface area contributed by atoms with Crippen molar-refractivity contribution >= 4 is 11.8 Å². The van der Waals surface area contributed by atoms with Crippen molar-refractivity contribution in [3.05, 3.63) is 95.1 Å². The number of ether oxygens (including phenoxy) is 2. The first-order valence-electron chi connectivity index (χ1n) is 8.55. The van der Waals surface area contributed by atoms with E-state index in [1.54, 1.807) is 48.5 Å². The van der Waals surface area contributed by atoms with Gasteiger partial charge in [-0.2, -0.15) is 0 Å². The van der Waals surface area contributed by atoms with Crippen molar-refractivity contribution in [2.45, 2.75) is 5.92 Å². The van der Waals surface area contributed by atoms with Crippen LogP contribution in [0.25, 0.3) is 0 Å². The molecule has 0 radical (unpaired) electrons. The van der Waals surface area contributed by atoms with Crippen LogP contribution >= 0.6 is 0 Å². The van der Waals surface area contributed by atoms with Gasteiger partial charge < -0.3 is 9.47 Å². The largest absolute Gasteiger partial charge is 0.457 e. The maximum absolute atomic E-state index is 13.3. The molecular weight excluding hydrogens is 366 g/mol. The second kappa shape index (κ2) is 7.23. The van der Waals surface area contributed by atoms with Crippen molar-refractivity contribution in [1.82, 2.24) is 0 Å². The number of rotatable bonds is 4. The zero-order valence-corrected chi connectivity index (χ0v) is 14.5. The van der Waals surface area contributed by atoms with Crippen LogP contribution in [0.4, 0.5) is 8.78 Å². The van der Waals surface area contributed by atoms with Gasteiger partial charge in [-0.15, -0.1) is 0 Å². The van der Waals surface area contributed by atoms with Crippen molar-refractivity contribution in [2.75, 3.05) is 6.61 Å². The summed E-state index contributed by atoms with van der Waals surface area (Å²) in [4.78, 5) is 25.0. The third-order valence-electron chi connectivity index (χ3n) is 4.50. The van der Waals surface area contributed by atoms with Crippen LogP contribution < -0.4 is 4.74 Å². The third kappa shape index (κ3) is 3.24. The minimum atomic E-state index is -1.13. The molecule has 140 valence electrons. The number of fused-ring (bicyclic) bond motifs is 2. The fraction of sp³-hybridized carbons (Fsp3) is 0.0909. The monoisotopic (exact) mass is 380 g/mol. The number of halogens is 2. The number of esters is 1. The van der Waals surface area contributed by atoms with Gasteiger partial charge in [0.15, 0.2) is 24.0 Å². The lowest BCUT2D eigenvalue weighted by Gasteiger charge is -2.26. The number of hydrogen-bond acceptors (Lipinski definition) is 4. The molecule has 0 fully saturated rings. The molecule has 4 rings (SSSR count). The third-order valence-corrected chi connectivity index (χ3v) is 4.50. The number of benzene rings is 3. The van der Waals surface area contributed by atoms with Gasteiger partial charge in [0.1, 0.15) is 17.4 Å². The lowest BCUT2D eigenvalue weighted by atomic mass is 9.88. The van der Waals surface area contributed by atoms with Crippen molar-refractivity contribution in [1.29, 1.82) is 0 Å². The van der Waals surface area contributed by atoms with Crippen LogP contribution in [0.5, 0.6) is 11.5 Å². The predicted molar refractivity (Wildman–Crippen MR) is 96.4 cm³/mol. The Morgan fingerprint density at radius 3 is 2.07 bits per heavy atom. The van der Waals surface area contributed by atoms with E-state index in [-0.39, 0.29) is 5.56 Å². The summed E-state index contributed by atoms with van der Waals surface area (Å²) in [6, 6.07) is 16.9. The highest BCUT2D eigenvalue weighted by Gasteiger charge is 2.33. The van der Waals surface area contributed by atoms with E-state index in [4.69, 9.17) is 9.47 Å². The van der Waals surface area contributed by atoms with Crippen molar-refractivity contribution in [3.8, 4) is 11.5 Å². The second-order valence-corrected chi connectivity index (χ2v) is 6.27. The molecule has 0 aliphatic carbocycles. The van der Waals surface area contributed by atoms with Gasteiger partial charge in [-0.25, -0.2) is 8.78 Å². The highest BCUT2D eigenvalue weighted by atomic mass is 19.2. The molecular formula is C22H14F2O4. The highest BCUT2D eigenvalue weighted by molar-refractivity contribution is 5.98. The number of hydrogen-bond donors (Lipinski definition) is 0. The van der Waals surface area contributed by atoms with Gasteiger partial charge in [0, 0.05) is 16.7 Å². The molecule has 0 bridgehead atoms. The second-order valence-electron chi connectivity index (χ2n) is 6.27. The molecule has 0 amide bonds. The van der Waals surface area contributed by atoms with E-state index in [1.165, 1.54) is 0 Å². The summed E-state index contributed by atoms with van der Waals surface area (Å²) in [5.74, 6) is -3.11. The molecule has 0 unspecified atom stereocenters. The first-order valence-corrected chi connectivity index (χ1v) is 8.55. The van der Waals surface area contributed by atoms with E-state index in [0.717, 1.165) is 18.2 Å². The fourth-order valence-electron chi connectivity index (χ4n) is 3.14. The standard InChI is InChI=1S/C22H14F2O4/c23-16-10-9-13(11-17(16)24)18(25)12-27-22(26)21-14-5-1-3-7-19(14)28-20-8-4-2-6-15(20)21/h1-11,21H,12H2. The average molecular weight is 380 g/mol. The Balaban J connectivity index is 1.57. The molecule has 0 aromatic heterocycles. The summed E-state index contributed by atoms with van der Waals surface area (Å²) in [6.45, 7) is -0.578. The van der Waals surface area contributed by atoms with E-state index >= 15 is 0 Å². The van der Waals surface area contributed by atoms with Crippen LogP contribution in [0.2, 0.25) is 0 Å². The SMILES string of the molecule is O=C(COC(=O)C1c2ccccc2Oc2ccccc21)c1ccc(F)c(F)c1. The van der Waals surface area contributed by atoms with Crippen LogP contribution in [0, 0.1) is 11.6 Å². The van der Waals surface area contributed by atoms with Gasteiger partial charge in [0.05, 0.1) is 0 Å². The molecule has 0 atom stereocenters. The first kappa shape index (κ1) is 17.9. The molecule has 3 aromatic rings. The summed E-state index contributed by atoms with van der Waals surface area (Å²) in [7, 11) is 0. The molecule has 28 heavy (non-hydrogen) atoms. The Morgan fingerprint density at radius 1 is 0.857 bits per heavy atom. The van der Waals surface area contributed by atoms with E-state index in [2.05, 4.69) is 0 Å². The molecule has 1 heterocycles. The average Bonchev–Trinajstić information content (AvgIpc) is 2.71. The fourth-order valence-corrected chi connectivity index (χ4v) is 3.14. The molecule has 0 saturated carbocycles. The zero-order valence-electron chi connectivity index (χ0n) is 14.5. The van der Waals surface area contributed by atoms with Crippen molar-refractivity contribution in [3.63, 3.8) is 0 Å². The maximum atomic E-state index is 13.3. The smallest absolute Gasteiger partial charge is 0.318 e. The molecule has 4 nitrogen and oxygen atoms in total. The zero-order chi connectivity index (χ0) is 19.7. The molecule has 3 aromatic carbocycles. The lowest BCUT2D eigenvalue weighted by molar-refractivity contribution is -0.143. The van der Waals surface area contributed by atoms with E-state index in [0.29, 0.717) is 22.6 Å². The minimum absolute atomic E-state index is 0.0699. The summed E-state index contributed by atoms with van der Waals surface area (Å²) in [5, 5.41) is 0. The number of carbonyl (C=O) groups excluding carboxylic acids is 2. The number of para-hydroxylation sites is 2. The van der Waals surface area contributed by atoms with Gasteiger partial charge >= 0.3 is 5.97 Å². The highest BCUT2D eigenvalue weighted by Crippen LogP contribution is 2.44. The topological polar surface area (TPSA) is 52.6 Å². The summed E-state index contributed by atoms with van der Waals surface area (Å²) in [6.07, 6.45) is 0. The van der Waals surface area contributed by atoms with Crippen LogP contribution in [-0.2, 0) is 9.53 Å².